The maximum absolute atomic E-state index is 14.3. The number of hydrogen-bond acceptors (Lipinski definition) is 5. The van der Waals surface area contributed by atoms with E-state index < -0.39 is 62.4 Å². The Balaban J connectivity index is 1.84. The molecule has 3 rings (SSSR count). The molecule has 0 saturated carbocycles. The molecule has 0 radical (unpaired) electrons. The first-order valence-corrected chi connectivity index (χ1v) is 13.2. The van der Waals surface area contributed by atoms with Crippen molar-refractivity contribution in [3.63, 3.8) is 0 Å². The van der Waals surface area contributed by atoms with E-state index in [4.69, 9.17) is 33.3 Å². The fourth-order valence-corrected chi connectivity index (χ4v) is 4.74. The molecular formula is C22H13BrCl2F6N4O3S. The lowest BCUT2D eigenvalue weighted by Gasteiger charge is -2.30. The van der Waals surface area contributed by atoms with Gasteiger partial charge in [0.1, 0.15) is 12.0 Å². The summed E-state index contributed by atoms with van der Waals surface area (Å²) in [5.41, 5.74) is -5.31. The average molecular weight is 678 g/mol. The number of carbonyl (C=O) groups excluding carboxylic acids is 1. The van der Waals surface area contributed by atoms with Crippen LogP contribution in [-0.2, 0) is 38.9 Å². The Morgan fingerprint density at radius 2 is 1.95 bits per heavy atom. The fourth-order valence-electron chi connectivity index (χ4n) is 3.38. The molecule has 1 heterocycles. The molecule has 0 spiro atoms. The number of benzene rings is 2. The summed E-state index contributed by atoms with van der Waals surface area (Å²) < 4.78 is 98.1. The lowest BCUT2D eigenvalue weighted by Crippen LogP contribution is -2.43. The van der Waals surface area contributed by atoms with Crippen LogP contribution in [0.3, 0.4) is 0 Å². The third-order valence-electron chi connectivity index (χ3n) is 5.30. The van der Waals surface area contributed by atoms with E-state index in [-0.39, 0.29) is 29.6 Å². The second-order valence-corrected chi connectivity index (χ2v) is 10.6. The Hall–Kier alpha value is -2.67. The molecule has 2 aromatic carbocycles. The van der Waals surface area contributed by atoms with Crippen molar-refractivity contribution in [2.75, 3.05) is 5.75 Å². The van der Waals surface area contributed by atoms with Crippen LogP contribution in [0.5, 0.6) is 0 Å². The Labute approximate surface area is 237 Å². The summed E-state index contributed by atoms with van der Waals surface area (Å²) in [4.78, 5) is 16.6. The maximum Gasteiger partial charge on any atom is 0.435 e. The SMILES string of the molecule is N#CCS(=O)N=CC(=O)NCc1ccc(C2=NOC(c3cc(Cl)c(Cl)c(C(F)(F)F)c3)(C(F)(F)F)C2)cc1Br. The summed E-state index contributed by atoms with van der Waals surface area (Å²) in [5, 5.41) is 12.7. The van der Waals surface area contributed by atoms with Crippen LogP contribution in [0.2, 0.25) is 10.0 Å². The molecule has 1 N–H and O–H groups in total. The zero-order valence-electron chi connectivity index (χ0n) is 19.0. The summed E-state index contributed by atoms with van der Waals surface area (Å²) in [5.74, 6) is -1.09. The second kappa shape index (κ2) is 11.8. The number of rotatable bonds is 7. The fraction of sp³-hybridized carbons (Fsp3) is 0.273. The van der Waals surface area contributed by atoms with Crippen molar-refractivity contribution in [3.8, 4) is 6.07 Å². The number of nitriles is 1. The second-order valence-electron chi connectivity index (χ2n) is 7.83. The minimum absolute atomic E-state index is 0.0600. The molecule has 7 nitrogen and oxygen atoms in total. The Morgan fingerprint density at radius 3 is 2.54 bits per heavy atom. The molecule has 208 valence electrons. The molecule has 1 aliphatic heterocycles. The molecule has 1 aliphatic rings. The van der Waals surface area contributed by atoms with Crippen molar-refractivity contribution in [3.05, 3.63) is 67.1 Å². The van der Waals surface area contributed by atoms with Gasteiger partial charge in [-0.1, -0.05) is 56.4 Å². The van der Waals surface area contributed by atoms with Crippen LogP contribution in [0.15, 0.2) is 44.4 Å². The predicted octanol–water partition coefficient (Wildman–Crippen LogP) is 6.23. The van der Waals surface area contributed by atoms with Gasteiger partial charge in [0.05, 0.1) is 27.4 Å². The lowest BCUT2D eigenvalue weighted by atomic mass is 9.85. The average Bonchev–Trinajstić information content (AvgIpc) is 3.30. The smallest absolute Gasteiger partial charge is 0.374 e. The van der Waals surface area contributed by atoms with Crippen molar-refractivity contribution >= 4 is 68.0 Å². The normalized spacial score (nSPS) is 18.4. The Kier molecular flexibility index (Phi) is 9.36. The molecule has 39 heavy (non-hydrogen) atoms. The third-order valence-corrected chi connectivity index (χ3v) is 7.56. The van der Waals surface area contributed by atoms with Gasteiger partial charge in [-0.3, -0.25) is 4.79 Å². The number of oxime groups is 1. The van der Waals surface area contributed by atoms with E-state index >= 15 is 0 Å². The maximum atomic E-state index is 14.3. The van der Waals surface area contributed by atoms with E-state index in [1.165, 1.54) is 18.2 Å². The highest BCUT2D eigenvalue weighted by atomic mass is 79.9. The summed E-state index contributed by atoms with van der Waals surface area (Å²) in [6, 6.07) is 6.76. The monoisotopic (exact) mass is 676 g/mol. The number of halogens is 9. The molecule has 0 bridgehead atoms. The van der Waals surface area contributed by atoms with E-state index in [1.807, 2.05) is 0 Å². The van der Waals surface area contributed by atoms with Gasteiger partial charge in [0.2, 0.25) is 0 Å². The summed E-state index contributed by atoms with van der Waals surface area (Å²) in [6.07, 6.45) is -10.5. The van der Waals surface area contributed by atoms with Crippen molar-refractivity contribution < 1.29 is 40.2 Å². The number of hydrogen-bond donors (Lipinski definition) is 1. The van der Waals surface area contributed by atoms with Crippen molar-refractivity contribution in [2.45, 2.75) is 30.9 Å². The quantitative estimate of drug-likeness (QED) is 0.277. The summed E-state index contributed by atoms with van der Waals surface area (Å²) >= 11 is 14.6. The third kappa shape index (κ3) is 6.92. The van der Waals surface area contributed by atoms with Gasteiger partial charge in [-0.2, -0.15) is 36.0 Å². The zero-order valence-corrected chi connectivity index (χ0v) is 22.9. The van der Waals surface area contributed by atoms with Crippen molar-refractivity contribution in [1.29, 1.82) is 5.26 Å². The highest BCUT2D eigenvalue weighted by Gasteiger charge is 2.63. The standard InChI is InChI=1S/C22H13BrCl2F6N4O3S/c23-15-5-11(1-2-12(15)9-33-18(36)10-34-39(37)4-3-32)17-8-20(38-35-17,22(29,30)31)13-6-14(21(26,27)28)19(25)16(24)7-13/h1-2,5-7,10H,4,8-9H2,(H,33,36). The van der Waals surface area contributed by atoms with E-state index in [9.17, 15) is 35.3 Å². The Bertz CT molecular complexity index is 1430. The van der Waals surface area contributed by atoms with Gasteiger partial charge < -0.3 is 10.2 Å². The van der Waals surface area contributed by atoms with Crippen LogP contribution in [0.25, 0.3) is 0 Å². The van der Waals surface area contributed by atoms with E-state index in [1.54, 1.807) is 6.07 Å². The van der Waals surface area contributed by atoms with Crippen LogP contribution in [-0.4, -0.2) is 34.0 Å². The van der Waals surface area contributed by atoms with Gasteiger partial charge in [0.15, 0.2) is 11.0 Å². The highest BCUT2D eigenvalue weighted by molar-refractivity contribution is 9.10. The topological polar surface area (TPSA) is 104 Å². The van der Waals surface area contributed by atoms with E-state index in [0.717, 1.165) is 6.21 Å². The zero-order chi connectivity index (χ0) is 29.2. The predicted molar refractivity (Wildman–Crippen MR) is 135 cm³/mol. The number of nitrogens with one attached hydrogen (secondary N) is 1. The molecule has 1 amide bonds. The van der Waals surface area contributed by atoms with E-state index in [2.05, 4.69) is 30.8 Å². The molecule has 17 heteroatoms. The molecular weight excluding hydrogens is 665 g/mol. The molecule has 0 saturated heterocycles. The van der Waals surface area contributed by atoms with E-state index in [0.29, 0.717) is 16.1 Å². The van der Waals surface area contributed by atoms with Crippen LogP contribution in [0.1, 0.15) is 28.7 Å². The number of nitrogens with zero attached hydrogens (tertiary/aromatic N) is 3. The van der Waals surface area contributed by atoms with Gasteiger partial charge >= 0.3 is 12.4 Å². The summed E-state index contributed by atoms with van der Waals surface area (Å²) in [6.45, 7) is -0.0600. The van der Waals surface area contributed by atoms with Gasteiger partial charge in [-0.05, 0) is 23.8 Å². The lowest BCUT2D eigenvalue weighted by molar-refractivity contribution is -0.276. The Morgan fingerprint density at radius 1 is 1.26 bits per heavy atom. The number of alkyl halides is 6. The largest absolute Gasteiger partial charge is 0.435 e. The molecule has 0 fully saturated rings. The first-order chi connectivity index (χ1) is 18.1. The van der Waals surface area contributed by atoms with Crippen LogP contribution < -0.4 is 5.32 Å². The van der Waals surface area contributed by atoms with Gasteiger partial charge in [0.25, 0.3) is 11.5 Å². The van der Waals surface area contributed by atoms with Gasteiger partial charge in [-0.25, -0.2) is 4.21 Å². The molecule has 2 unspecified atom stereocenters. The van der Waals surface area contributed by atoms with Crippen molar-refractivity contribution in [1.82, 2.24) is 5.32 Å². The van der Waals surface area contributed by atoms with Gasteiger partial charge in [-0.15, -0.1) is 0 Å². The highest BCUT2D eigenvalue weighted by Crippen LogP contribution is 2.51. The van der Waals surface area contributed by atoms with Crippen LogP contribution in [0, 0.1) is 11.3 Å². The summed E-state index contributed by atoms with van der Waals surface area (Å²) in [7, 11) is -1.87. The van der Waals surface area contributed by atoms with Crippen LogP contribution in [0.4, 0.5) is 26.3 Å². The van der Waals surface area contributed by atoms with Crippen molar-refractivity contribution in [2.24, 2.45) is 9.55 Å². The first-order valence-electron chi connectivity index (χ1n) is 10.3. The molecule has 0 aliphatic carbocycles. The number of amides is 1. The molecule has 2 atom stereocenters. The minimum Gasteiger partial charge on any atom is -0.374 e. The molecule has 2 aromatic rings. The minimum atomic E-state index is -5.20. The number of carbonyl (C=O) groups is 1. The van der Waals surface area contributed by atoms with Crippen LogP contribution >= 0.6 is 39.1 Å². The van der Waals surface area contributed by atoms with Gasteiger partial charge in [0, 0.05) is 28.6 Å². The first kappa shape index (κ1) is 30.9. The molecule has 0 aromatic heterocycles.